The van der Waals surface area contributed by atoms with Gasteiger partial charge < -0.3 is 10.1 Å². The minimum absolute atomic E-state index is 0.155. The van der Waals surface area contributed by atoms with Crippen molar-refractivity contribution in [1.29, 1.82) is 0 Å². The van der Waals surface area contributed by atoms with Crippen molar-refractivity contribution in [2.75, 3.05) is 19.7 Å². The lowest BCUT2D eigenvalue weighted by molar-refractivity contribution is 0.0683. The monoisotopic (exact) mass is 267 g/mol. The van der Waals surface area contributed by atoms with Crippen molar-refractivity contribution in [2.24, 2.45) is 5.92 Å². The molecule has 1 rings (SSSR count). The van der Waals surface area contributed by atoms with E-state index >= 15 is 0 Å². The van der Waals surface area contributed by atoms with Crippen LogP contribution in [0.3, 0.4) is 0 Å². The van der Waals surface area contributed by atoms with Gasteiger partial charge in [0.25, 0.3) is 0 Å². The molecule has 0 bridgehead atoms. The lowest BCUT2D eigenvalue weighted by Crippen LogP contribution is -2.25. The Morgan fingerprint density at radius 3 is 2.74 bits per heavy atom. The maximum atomic E-state index is 13.2. The zero-order valence-corrected chi connectivity index (χ0v) is 12.3. The summed E-state index contributed by atoms with van der Waals surface area (Å²) in [6.45, 7) is 8.88. The fraction of sp³-hybridized carbons (Fsp3) is 0.625. The highest BCUT2D eigenvalue weighted by Gasteiger charge is 2.10. The topological polar surface area (TPSA) is 21.3 Å². The van der Waals surface area contributed by atoms with E-state index in [1.165, 1.54) is 6.07 Å². The second-order valence-corrected chi connectivity index (χ2v) is 5.22. The first kappa shape index (κ1) is 16.1. The Balaban J connectivity index is 2.48. The van der Waals surface area contributed by atoms with Gasteiger partial charge in [-0.15, -0.1) is 0 Å². The van der Waals surface area contributed by atoms with Crippen LogP contribution in [0.5, 0.6) is 0 Å². The van der Waals surface area contributed by atoms with E-state index in [0.717, 1.165) is 38.1 Å². The second-order valence-electron chi connectivity index (χ2n) is 5.22. The highest BCUT2D eigenvalue weighted by atomic mass is 19.1. The molecule has 1 aromatic rings. The first-order valence-corrected chi connectivity index (χ1v) is 7.18. The summed E-state index contributed by atoms with van der Waals surface area (Å²) < 4.78 is 18.8. The van der Waals surface area contributed by atoms with Gasteiger partial charge in [0.1, 0.15) is 5.82 Å². The highest BCUT2D eigenvalue weighted by molar-refractivity contribution is 5.16. The Hall–Kier alpha value is -0.930. The largest absolute Gasteiger partial charge is 0.379 e. The number of ether oxygens (including phenoxy) is 1. The summed E-state index contributed by atoms with van der Waals surface area (Å²) in [5.41, 5.74) is 1.06. The van der Waals surface area contributed by atoms with Gasteiger partial charge in [-0.1, -0.05) is 19.1 Å². The van der Waals surface area contributed by atoms with Gasteiger partial charge in [-0.3, -0.25) is 0 Å². The van der Waals surface area contributed by atoms with Gasteiger partial charge in [-0.05, 0) is 63.4 Å². The predicted octanol–water partition coefficient (Wildman–Crippen LogP) is 3.41. The van der Waals surface area contributed by atoms with E-state index in [9.17, 15) is 4.39 Å². The molecule has 1 aromatic carbocycles. The summed E-state index contributed by atoms with van der Waals surface area (Å²) in [5.74, 6) is 0.332. The zero-order chi connectivity index (χ0) is 14.1. The molecular formula is C16H26FNO. The van der Waals surface area contributed by atoms with Gasteiger partial charge >= 0.3 is 0 Å². The molecule has 0 aromatic heterocycles. The van der Waals surface area contributed by atoms with Gasteiger partial charge in [0, 0.05) is 6.61 Å². The average Bonchev–Trinajstić information content (AvgIpc) is 2.35. The van der Waals surface area contributed by atoms with Gasteiger partial charge in [-0.25, -0.2) is 4.39 Å². The Kier molecular flexibility index (Phi) is 7.68. The van der Waals surface area contributed by atoms with Gasteiger partial charge in [0.05, 0.1) is 6.10 Å². The van der Waals surface area contributed by atoms with Gasteiger partial charge in [-0.2, -0.15) is 0 Å². The number of benzene rings is 1. The van der Waals surface area contributed by atoms with Crippen molar-refractivity contribution in [3.8, 4) is 0 Å². The highest BCUT2D eigenvalue weighted by Crippen LogP contribution is 2.13. The minimum Gasteiger partial charge on any atom is -0.379 e. The number of hydrogen-bond donors (Lipinski definition) is 1. The molecular weight excluding hydrogens is 241 g/mol. The summed E-state index contributed by atoms with van der Waals surface area (Å²) in [6.07, 6.45) is 2.17. The van der Waals surface area contributed by atoms with Crippen molar-refractivity contribution >= 4 is 0 Å². The Morgan fingerprint density at radius 1 is 1.32 bits per heavy atom. The van der Waals surface area contributed by atoms with E-state index in [1.54, 1.807) is 12.1 Å². The molecule has 1 atom stereocenters. The van der Waals surface area contributed by atoms with Crippen LogP contribution in [0.4, 0.5) is 4.39 Å². The van der Waals surface area contributed by atoms with Crippen molar-refractivity contribution in [1.82, 2.24) is 5.32 Å². The molecule has 0 aliphatic rings. The van der Waals surface area contributed by atoms with Crippen molar-refractivity contribution < 1.29 is 9.13 Å². The smallest absolute Gasteiger partial charge is 0.123 e. The second kappa shape index (κ2) is 9.05. The van der Waals surface area contributed by atoms with Crippen LogP contribution in [0.1, 0.15) is 32.8 Å². The van der Waals surface area contributed by atoms with Crippen molar-refractivity contribution in [3.05, 3.63) is 35.6 Å². The third-order valence-corrected chi connectivity index (χ3v) is 3.07. The standard InChI is InChI=1S/C16H26FNO/c1-4-18-12-15(8-9-19-13(2)3)10-14-6-5-7-16(17)11-14/h5-7,11,13,15,18H,4,8-10,12H2,1-3H3. The molecule has 0 spiro atoms. The minimum atomic E-state index is -0.155. The molecule has 0 amide bonds. The molecule has 1 unspecified atom stereocenters. The SMILES string of the molecule is CCNCC(CCOC(C)C)Cc1cccc(F)c1. The number of halogens is 1. The quantitative estimate of drug-likeness (QED) is 0.740. The lowest BCUT2D eigenvalue weighted by atomic mass is 9.96. The third kappa shape index (κ3) is 7.28. The van der Waals surface area contributed by atoms with E-state index in [1.807, 2.05) is 19.9 Å². The van der Waals surface area contributed by atoms with Crippen molar-refractivity contribution in [3.63, 3.8) is 0 Å². The summed E-state index contributed by atoms with van der Waals surface area (Å²) in [5, 5.41) is 3.37. The normalized spacial score (nSPS) is 12.9. The maximum absolute atomic E-state index is 13.2. The molecule has 0 aliphatic carbocycles. The Labute approximate surface area is 116 Å². The van der Waals surface area contributed by atoms with Crippen LogP contribution in [-0.4, -0.2) is 25.8 Å². The molecule has 2 nitrogen and oxygen atoms in total. The zero-order valence-electron chi connectivity index (χ0n) is 12.3. The summed E-state index contributed by atoms with van der Waals surface area (Å²) in [4.78, 5) is 0. The van der Waals surface area contributed by atoms with Crippen LogP contribution >= 0.6 is 0 Å². The molecule has 108 valence electrons. The van der Waals surface area contributed by atoms with Crippen molar-refractivity contribution in [2.45, 2.75) is 39.7 Å². The third-order valence-electron chi connectivity index (χ3n) is 3.07. The Morgan fingerprint density at radius 2 is 2.11 bits per heavy atom. The van der Waals surface area contributed by atoms with Crippen LogP contribution in [0, 0.1) is 11.7 Å². The molecule has 0 saturated heterocycles. The predicted molar refractivity (Wildman–Crippen MR) is 77.8 cm³/mol. The molecule has 0 saturated carbocycles. The van der Waals surface area contributed by atoms with E-state index in [0.29, 0.717) is 5.92 Å². The van der Waals surface area contributed by atoms with Crippen LogP contribution < -0.4 is 5.32 Å². The molecule has 0 heterocycles. The summed E-state index contributed by atoms with van der Waals surface area (Å²) in [6, 6.07) is 6.89. The molecule has 1 N–H and O–H groups in total. The number of hydrogen-bond acceptors (Lipinski definition) is 2. The van der Waals surface area contributed by atoms with E-state index in [-0.39, 0.29) is 11.9 Å². The van der Waals surface area contributed by atoms with Crippen LogP contribution in [-0.2, 0) is 11.2 Å². The first-order valence-electron chi connectivity index (χ1n) is 7.18. The molecule has 0 fully saturated rings. The van der Waals surface area contributed by atoms with E-state index < -0.39 is 0 Å². The molecule has 0 aliphatic heterocycles. The summed E-state index contributed by atoms with van der Waals surface area (Å²) >= 11 is 0. The summed E-state index contributed by atoms with van der Waals surface area (Å²) in [7, 11) is 0. The van der Waals surface area contributed by atoms with Crippen LogP contribution in [0.15, 0.2) is 24.3 Å². The van der Waals surface area contributed by atoms with E-state index in [2.05, 4.69) is 12.2 Å². The molecule has 3 heteroatoms. The molecule has 0 radical (unpaired) electrons. The van der Waals surface area contributed by atoms with Gasteiger partial charge in [0.2, 0.25) is 0 Å². The number of nitrogens with one attached hydrogen (secondary N) is 1. The maximum Gasteiger partial charge on any atom is 0.123 e. The van der Waals surface area contributed by atoms with E-state index in [4.69, 9.17) is 4.74 Å². The fourth-order valence-electron chi connectivity index (χ4n) is 2.09. The first-order chi connectivity index (χ1) is 9.11. The average molecular weight is 267 g/mol. The van der Waals surface area contributed by atoms with Gasteiger partial charge in [0.15, 0.2) is 0 Å². The van der Waals surface area contributed by atoms with Crippen LogP contribution in [0.2, 0.25) is 0 Å². The Bertz CT molecular complexity index is 354. The van der Waals surface area contributed by atoms with Crippen LogP contribution in [0.25, 0.3) is 0 Å². The number of rotatable bonds is 9. The lowest BCUT2D eigenvalue weighted by Gasteiger charge is -2.18. The fourth-order valence-corrected chi connectivity index (χ4v) is 2.09. The molecule has 19 heavy (non-hydrogen) atoms.